The highest BCUT2D eigenvalue weighted by molar-refractivity contribution is 7.99. The molecule has 4 fully saturated rings. The van der Waals surface area contributed by atoms with E-state index in [1.54, 1.807) is 11.1 Å². The molecule has 4 saturated carbocycles. The van der Waals surface area contributed by atoms with Gasteiger partial charge in [0.05, 0.1) is 0 Å². The molecule has 1 nitrogen and oxygen atoms in total. The van der Waals surface area contributed by atoms with Crippen LogP contribution in [0.2, 0.25) is 0 Å². The van der Waals surface area contributed by atoms with E-state index in [9.17, 15) is 0 Å². The Hall–Kier alpha value is -3.75. The summed E-state index contributed by atoms with van der Waals surface area (Å²) in [5.74, 6) is 3.44. The van der Waals surface area contributed by atoms with Crippen molar-refractivity contribution in [1.29, 1.82) is 0 Å². The molecule has 296 valence electrons. The molecule has 0 radical (unpaired) electrons. The van der Waals surface area contributed by atoms with Crippen LogP contribution in [0.4, 0.5) is 17.1 Å². The van der Waals surface area contributed by atoms with Crippen LogP contribution < -0.4 is 4.90 Å². The van der Waals surface area contributed by atoms with Gasteiger partial charge in [-0.15, -0.1) is 0 Å². The summed E-state index contributed by atoms with van der Waals surface area (Å²) in [5, 5.41) is 0. The Morgan fingerprint density at radius 3 is 1.62 bits per heavy atom. The van der Waals surface area contributed by atoms with Gasteiger partial charge < -0.3 is 4.90 Å². The largest absolute Gasteiger partial charge is 0.310 e. The molecule has 2 bridgehead atoms. The molecule has 2 spiro atoms. The van der Waals surface area contributed by atoms with E-state index in [2.05, 4.69) is 163 Å². The van der Waals surface area contributed by atoms with Crippen molar-refractivity contribution < 1.29 is 0 Å². The van der Waals surface area contributed by atoms with Crippen LogP contribution in [0, 0.1) is 29.1 Å². The van der Waals surface area contributed by atoms with Crippen LogP contribution in [0.15, 0.2) is 113 Å². The highest BCUT2D eigenvalue weighted by Gasteiger charge is 2.84. The van der Waals surface area contributed by atoms with Crippen molar-refractivity contribution in [2.24, 2.45) is 29.1 Å². The van der Waals surface area contributed by atoms with Crippen molar-refractivity contribution in [2.75, 3.05) is 4.90 Å². The first-order valence-electron chi connectivity index (χ1n) is 22.8. The van der Waals surface area contributed by atoms with Gasteiger partial charge in [-0.3, -0.25) is 0 Å². The fraction of sp³-hybridized carbons (Fsp3) is 0.464. The quantitative estimate of drug-likeness (QED) is 0.179. The van der Waals surface area contributed by atoms with E-state index in [4.69, 9.17) is 0 Å². The molecule has 2 heteroatoms. The molecule has 6 unspecified atom stereocenters. The summed E-state index contributed by atoms with van der Waals surface area (Å²) in [6.45, 7) is 19.7. The van der Waals surface area contributed by atoms with Gasteiger partial charge in [-0.25, -0.2) is 0 Å². The molecular weight excluding hydrogens is 719 g/mol. The first-order chi connectivity index (χ1) is 27.6. The van der Waals surface area contributed by atoms with Crippen molar-refractivity contribution in [1.82, 2.24) is 0 Å². The fourth-order valence-electron chi connectivity index (χ4n) is 14.9. The number of hydrogen-bond acceptors (Lipinski definition) is 2. The van der Waals surface area contributed by atoms with Gasteiger partial charge in [0, 0.05) is 32.3 Å². The molecule has 1 heterocycles. The summed E-state index contributed by atoms with van der Waals surface area (Å²) >= 11 is 2.05. The lowest BCUT2D eigenvalue weighted by Crippen LogP contribution is -2.74. The second-order valence-corrected chi connectivity index (χ2v) is 23.8. The van der Waals surface area contributed by atoms with E-state index in [0.29, 0.717) is 5.41 Å². The molecule has 1 aliphatic heterocycles. The lowest BCUT2D eigenvalue weighted by atomic mass is 9.26. The molecule has 6 atom stereocenters. The standard InChI is InChI=1S/C56H61NS/c1-51(2)22-24-53(5,6)44-30-38(15-18-41(44)51)57(39-16-19-42-45(31-39)54(7,8)25-23-52(42,3)4)40-17-20-43-48(32-40)58-47-21-14-36(35-12-10-9-11-13-35)28-46(47)56(43)49-27-34-26-37-29-50(56)55(37,49)33-34/h9-21,28,30-32,34,37,49-50H,22-27,29,33H2,1-8H3. The lowest BCUT2D eigenvalue weighted by Gasteiger charge is -2.78. The minimum atomic E-state index is 0.124. The Balaban J connectivity index is 1.05. The third-order valence-corrected chi connectivity index (χ3v) is 19.3. The Morgan fingerprint density at radius 1 is 0.466 bits per heavy atom. The average Bonchev–Trinajstić information content (AvgIpc) is 3.74. The van der Waals surface area contributed by atoms with Gasteiger partial charge in [-0.05, 0) is 195 Å². The molecule has 58 heavy (non-hydrogen) atoms. The normalized spacial score (nSPS) is 31.5. The molecule has 6 aliphatic carbocycles. The molecule has 7 aliphatic rings. The maximum atomic E-state index is 2.64. The Morgan fingerprint density at radius 2 is 1.02 bits per heavy atom. The number of nitrogens with zero attached hydrogens (tertiary/aromatic N) is 1. The summed E-state index contributed by atoms with van der Waals surface area (Å²) in [6.07, 6.45) is 10.7. The fourth-order valence-corrected chi connectivity index (χ4v) is 16.2. The molecule has 5 aromatic rings. The zero-order chi connectivity index (χ0) is 39.8. The highest BCUT2D eigenvalue weighted by atomic mass is 32.2. The van der Waals surface area contributed by atoms with E-state index in [0.717, 1.165) is 23.7 Å². The third kappa shape index (κ3) is 4.57. The van der Waals surface area contributed by atoms with Crippen LogP contribution in [0.3, 0.4) is 0 Å². The van der Waals surface area contributed by atoms with Gasteiger partial charge in [0.1, 0.15) is 0 Å². The maximum absolute atomic E-state index is 2.64. The van der Waals surface area contributed by atoms with Crippen molar-refractivity contribution in [2.45, 2.75) is 144 Å². The zero-order valence-corrected chi connectivity index (χ0v) is 37.0. The Bertz CT molecular complexity index is 2480. The topological polar surface area (TPSA) is 3.24 Å². The number of anilines is 3. The van der Waals surface area contributed by atoms with Crippen LogP contribution >= 0.6 is 11.8 Å². The van der Waals surface area contributed by atoms with Gasteiger partial charge >= 0.3 is 0 Å². The predicted molar refractivity (Wildman–Crippen MR) is 243 cm³/mol. The van der Waals surface area contributed by atoms with Crippen LogP contribution in [0.1, 0.15) is 140 Å². The second-order valence-electron chi connectivity index (χ2n) is 22.8. The summed E-state index contributed by atoms with van der Waals surface area (Å²) < 4.78 is 0. The molecule has 0 amide bonds. The number of benzene rings is 5. The first kappa shape index (κ1) is 36.1. The van der Waals surface area contributed by atoms with Gasteiger partial charge in [-0.1, -0.05) is 122 Å². The van der Waals surface area contributed by atoms with Crippen LogP contribution in [0.25, 0.3) is 11.1 Å². The maximum Gasteiger partial charge on any atom is 0.0473 e. The number of hydrogen-bond donors (Lipinski definition) is 0. The average molecular weight is 780 g/mol. The van der Waals surface area contributed by atoms with Gasteiger partial charge in [0.2, 0.25) is 0 Å². The third-order valence-electron chi connectivity index (χ3n) is 18.1. The monoisotopic (exact) mass is 779 g/mol. The second kappa shape index (κ2) is 11.5. The molecule has 0 aromatic heterocycles. The molecule has 5 aromatic carbocycles. The summed E-state index contributed by atoms with van der Waals surface area (Å²) in [7, 11) is 0. The first-order valence-corrected chi connectivity index (χ1v) is 23.6. The van der Waals surface area contributed by atoms with Crippen molar-refractivity contribution in [3.05, 3.63) is 137 Å². The van der Waals surface area contributed by atoms with E-state index in [1.807, 2.05) is 11.8 Å². The minimum Gasteiger partial charge on any atom is -0.310 e. The van der Waals surface area contributed by atoms with E-state index < -0.39 is 0 Å². The van der Waals surface area contributed by atoms with Gasteiger partial charge in [-0.2, -0.15) is 0 Å². The lowest BCUT2D eigenvalue weighted by molar-refractivity contribution is -0.235. The molecular formula is C56H61NS. The molecule has 0 N–H and O–H groups in total. The van der Waals surface area contributed by atoms with Crippen LogP contribution in [-0.4, -0.2) is 0 Å². The Kier molecular flexibility index (Phi) is 7.19. The smallest absolute Gasteiger partial charge is 0.0473 e. The van der Waals surface area contributed by atoms with E-state index >= 15 is 0 Å². The van der Waals surface area contributed by atoms with Crippen LogP contribution in [0.5, 0.6) is 0 Å². The van der Waals surface area contributed by atoms with Crippen molar-refractivity contribution in [3.63, 3.8) is 0 Å². The van der Waals surface area contributed by atoms with E-state index in [-0.39, 0.29) is 27.1 Å². The van der Waals surface area contributed by atoms with Crippen LogP contribution in [-0.2, 0) is 27.1 Å². The minimum absolute atomic E-state index is 0.124. The summed E-state index contributed by atoms with van der Waals surface area (Å²) in [5.41, 5.74) is 17.3. The van der Waals surface area contributed by atoms with Crippen molar-refractivity contribution in [3.8, 4) is 11.1 Å². The SMILES string of the molecule is CC1(C)CCC(C)(C)c2cc(N(c3ccc4c(c3)Sc3ccc(-c5ccccc5)cc3C43C4CC5CC6CC3C64C5)c3ccc4c(c3)C(C)(C)CCC4(C)C)ccc21. The molecule has 0 saturated heterocycles. The van der Waals surface area contributed by atoms with Gasteiger partial charge in [0.25, 0.3) is 0 Å². The molecule has 12 rings (SSSR count). The zero-order valence-electron chi connectivity index (χ0n) is 36.1. The Labute approximate surface area is 352 Å². The number of rotatable bonds is 4. The summed E-state index contributed by atoms with van der Waals surface area (Å²) in [4.78, 5) is 5.62. The summed E-state index contributed by atoms with van der Waals surface area (Å²) in [6, 6.07) is 41.5. The predicted octanol–water partition coefficient (Wildman–Crippen LogP) is 15.3. The van der Waals surface area contributed by atoms with E-state index in [1.165, 1.54) is 112 Å². The highest BCUT2D eigenvalue weighted by Crippen LogP contribution is 2.89. The van der Waals surface area contributed by atoms with Gasteiger partial charge in [0.15, 0.2) is 0 Å². The van der Waals surface area contributed by atoms with Crippen molar-refractivity contribution >= 4 is 28.8 Å². The number of fused-ring (bicyclic) bond motifs is 9.